The number of carbonyl (C=O) groups is 1. The van der Waals surface area contributed by atoms with E-state index in [2.05, 4.69) is 15.9 Å². The molecule has 1 aliphatic heterocycles. The first-order chi connectivity index (χ1) is 20.6. The monoisotopic (exact) mass is 698 g/mol. The van der Waals surface area contributed by atoms with Gasteiger partial charge in [0.1, 0.15) is 12.4 Å². The molecule has 1 amide bonds. The van der Waals surface area contributed by atoms with Gasteiger partial charge in [0.25, 0.3) is 5.91 Å². The van der Waals surface area contributed by atoms with Gasteiger partial charge in [0.05, 0.1) is 27.4 Å². The van der Waals surface area contributed by atoms with E-state index in [1.807, 2.05) is 57.2 Å². The van der Waals surface area contributed by atoms with Crippen molar-refractivity contribution in [2.24, 2.45) is 4.99 Å². The SMILES string of the molecule is CCOc1cc(/C=C2/SC(=Nc3ccc(C)c(Cl)c3)N(c3ccc(C)c(Cl)c3)C2=O)cc(Br)c1OCc1ccc(F)cc1. The fourth-order valence-corrected chi connectivity index (χ4v) is 6.15. The first-order valence-corrected chi connectivity index (χ1v) is 15.7. The maximum Gasteiger partial charge on any atom is 0.271 e. The van der Waals surface area contributed by atoms with E-state index in [-0.39, 0.29) is 18.3 Å². The van der Waals surface area contributed by atoms with Crippen LogP contribution in [0.1, 0.15) is 29.2 Å². The minimum Gasteiger partial charge on any atom is -0.490 e. The average molecular weight is 700 g/mol. The van der Waals surface area contributed by atoms with Crippen molar-refractivity contribution in [1.82, 2.24) is 0 Å². The Bertz CT molecular complexity index is 1760. The summed E-state index contributed by atoms with van der Waals surface area (Å²) in [6.07, 6.45) is 1.79. The Morgan fingerprint density at radius 1 is 0.953 bits per heavy atom. The zero-order valence-corrected chi connectivity index (χ0v) is 27.4. The van der Waals surface area contributed by atoms with Gasteiger partial charge in [-0.25, -0.2) is 9.38 Å². The van der Waals surface area contributed by atoms with Crippen LogP contribution in [0.25, 0.3) is 6.08 Å². The van der Waals surface area contributed by atoms with E-state index in [9.17, 15) is 9.18 Å². The molecule has 43 heavy (non-hydrogen) atoms. The summed E-state index contributed by atoms with van der Waals surface area (Å²) < 4.78 is 25.9. The minimum atomic E-state index is -0.309. The van der Waals surface area contributed by atoms with E-state index in [0.29, 0.717) is 54.1 Å². The predicted octanol–water partition coefficient (Wildman–Crippen LogP) is 10.3. The van der Waals surface area contributed by atoms with E-state index in [1.165, 1.54) is 23.9 Å². The molecular weight excluding hydrogens is 674 g/mol. The number of amides is 1. The van der Waals surface area contributed by atoms with Crippen LogP contribution in [0.4, 0.5) is 15.8 Å². The number of rotatable bonds is 8. The minimum absolute atomic E-state index is 0.227. The van der Waals surface area contributed by atoms with E-state index < -0.39 is 0 Å². The maximum absolute atomic E-state index is 13.9. The Balaban J connectivity index is 1.51. The normalized spacial score (nSPS) is 15.0. The fourth-order valence-electron chi connectivity index (χ4n) is 4.22. The molecule has 4 aromatic carbocycles. The second-order valence-electron chi connectivity index (χ2n) is 9.69. The molecule has 4 aromatic rings. The Morgan fingerprint density at radius 3 is 2.33 bits per heavy atom. The molecule has 1 heterocycles. The molecule has 1 fully saturated rings. The number of ether oxygens (including phenoxy) is 2. The average Bonchev–Trinajstić information content (AvgIpc) is 3.26. The summed E-state index contributed by atoms with van der Waals surface area (Å²) in [6.45, 7) is 6.34. The van der Waals surface area contributed by atoms with Crippen LogP contribution in [0.3, 0.4) is 0 Å². The van der Waals surface area contributed by atoms with Crippen LogP contribution in [0.2, 0.25) is 10.0 Å². The molecule has 0 radical (unpaired) electrons. The number of anilines is 1. The molecule has 0 bridgehead atoms. The zero-order chi connectivity index (χ0) is 30.7. The summed E-state index contributed by atoms with van der Waals surface area (Å²) in [5.41, 5.74) is 4.60. The third-order valence-electron chi connectivity index (χ3n) is 6.53. The van der Waals surface area contributed by atoms with Gasteiger partial charge in [-0.3, -0.25) is 9.69 Å². The number of amidine groups is 1. The highest BCUT2D eigenvalue weighted by Crippen LogP contribution is 2.42. The van der Waals surface area contributed by atoms with E-state index in [1.54, 1.807) is 35.2 Å². The van der Waals surface area contributed by atoms with Crippen LogP contribution in [0, 0.1) is 19.7 Å². The number of aliphatic imine (C=N–C) groups is 1. The highest BCUT2D eigenvalue weighted by atomic mass is 79.9. The number of hydrogen-bond donors (Lipinski definition) is 0. The first-order valence-electron chi connectivity index (χ1n) is 13.3. The molecule has 5 nitrogen and oxygen atoms in total. The molecule has 220 valence electrons. The van der Waals surface area contributed by atoms with Crippen molar-refractivity contribution in [3.05, 3.63) is 120 Å². The summed E-state index contributed by atoms with van der Waals surface area (Å²) in [5.74, 6) is 0.462. The van der Waals surface area contributed by atoms with Gasteiger partial charge < -0.3 is 9.47 Å². The first kappa shape index (κ1) is 31.1. The highest BCUT2D eigenvalue weighted by Gasteiger charge is 2.35. The number of benzene rings is 4. The van der Waals surface area contributed by atoms with Crippen molar-refractivity contribution < 1.29 is 18.7 Å². The van der Waals surface area contributed by atoms with Crippen LogP contribution in [0.15, 0.2) is 87.2 Å². The molecular formula is C33H26BrCl2FN2O3S. The molecule has 1 aliphatic rings. The number of halogens is 4. The lowest BCUT2D eigenvalue weighted by Crippen LogP contribution is -2.28. The molecule has 0 spiro atoms. The number of carbonyl (C=O) groups excluding carboxylic acids is 1. The van der Waals surface area contributed by atoms with Gasteiger partial charge in [-0.05, 0) is 125 Å². The molecule has 5 rings (SSSR count). The number of nitrogens with zero attached hydrogens (tertiary/aromatic N) is 2. The van der Waals surface area contributed by atoms with Gasteiger partial charge in [0, 0.05) is 10.0 Å². The van der Waals surface area contributed by atoms with Gasteiger partial charge in [0.15, 0.2) is 16.7 Å². The summed E-state index contributed by atoms with van der Waals surface area (Å²) >= 11 is 17.7. The van der Waals surface area contributed by atoms with Gasteiger partial charge in [-0.15, -0.1) is 0 Å². The third kappa shape index (κ3) is 7.27. The fraction of sp³-hybridized carbons (Fsp3) is 0.152. The van der Waals surface area contributed by atoms with Crippen molar-refractivity contribution in [3.8, 4) is 11.5 Å². The lowest BCUT2D eigenvalue weighted by Gasteiger charge is -2.17. The lowest BCUT2D eigenvalue weighted by molar-refractivity contribution is -0.113. The number of aryl methyl sites for hydroxylation is 2. The molecule has 0 saturated carbocycles. The molecule has 0 unspecified atom stereocenters. The highest BCUT2D eigenvalue weighted by molar-refractivity contribution is 9.10. The standard InChI is InChI=1S/C33H26BrCl2FN2O3S/c1-4-41-29-14-22(13-26(34)31(29)42-18-21-7-9-23(37)10-8-21)15-30-32(40)39(25-12-6-20(3)28(36)17-25)33(43-30)38-24-11-5-19(2)27(35)16-24/h5-17H,4,18H2,1-3H3/b30-15+,38-33?. The van der Waals surface area contributed by atoms with Crippen molar-refractivity contribution >= 4 is 79.4 Å². The van der Waals surface area contributed by atoms with Gasteiger partial charge in [-0.2, -0.15) is 0 Å². The predicted molar refractivity (Wildman–Crippen MR) is 179 cm³/mol. The smallest absolute Gasteiger partial charge is 0.271 e. The molecule has 10 heteroatoms. The Kier molecular flexibility index (Phi) is 9.82. The summed E-state index contributed by atoms with van der Waals surface area (Å²) in [4.78, 5) is 20.7. The Hall–Kier alpha value is -3.30. The van der Waals surface area contributed by atoms with Crippen molar-refractivity contribution in [3.63, 3.8) is 0 Å². The topological polar surface area (TPSA) is 51.1 Å². The number of hydrogen-bond acceptors (Lipinski definition) is 5. The van der Waals surface area contributed by atoms with Crippen molar-refractivity contribution in [2.45, 2.75) is 27.4 Å². The maximum atomic E-state index is 13.9. The second kappa shape index (κ2) is 13.6. The van der Waals surface area contributed by atoms with Gasteiger partial charge in [-0.1, -0.05) is 47.5 Å². The van der Waals surface area contributed by atoms with Gasteiger partial charge >= 0.3 is 0 Å². The Labute approximate surface area is 272 Å². The largest absolute Gasteiger partial charge is 0.490 e. The molecule has 0 atom stereocenters. The number of thioether (sulfide) groups is 1. The van der Waals surface area contributed by atoms with Crippen LogP contribution in [0.5, 0.6) is 11.5 Å². The zero-order valence-electron chi connectivity index (χ0n) is 23.5. The molecule has 0 N–H and O–H groups in total. The van der Waals surface area contributed by atoms with E-state index in [0.717, 1.165) is 22.3 Å². The van der Waals surface area contributed by atoms with Crippen LogP contribution < -0.4 is 14.4 Å². The lowest BCUT2D eigenvalue weighted by atomic mass is 10.1. The van der Waals surface area contributed by atoms with Crippen LogP contribution in [-0.2, 0) is 11.4 Å². The quantitative estimate of drug-likeness (QED) is 0.172. The molecule has 0 aromatic heterocycles. The van der Waals surface area contributed by atoms with Crippen LogP contribution >= 0.6 is 50.9 Å². The van der Waals surface area contributed by atoms with Gasteiger partial charge in [0.2, 0.25) is 0 Å². The van der Waals surface area contributed by atoms with Crippen LogP contribution in [-0.4, -0.2) is 17.7 Å². The van der Waals surface area contributed by atoms with E-state index in [4.69, 9.17) is 37.7 Å². The molecule has 1 saturated heterocycles. The van der Waals surface area contributed by atoms with E-state index >= 15 is 0 Å². The second-order valence-corrected chi connectivity index (χ2v) is 12.4. The third-order valence-corrected chi connectivity index (χ3v) is 8.90. The summed E-state index contributed by atoms with van der Waals surface area (Å²) in [5, 5.41) is 1.61. The summed E-state index contributed by atoms with van der Waals surface area (Å²) in [7, 11) is 0. The van der Waals surface area contributed by atoms with Crippen molar-refractivity contribution in [1.29, 1.82) is 0 Å². The Morgan fingerprint density at radius 2 is 1.65 bits per heavy atom. The van der Waals surface area contributed by atoms with Crippen molar-refractivity contribution in [2.75, 3.05) is 11.5 Å². The summed E-state index contributed by atoms with van der Waals surface area (Å²) in [6, 6.07) is 20.8. The molecule has 0 aliphatic carbocycles.